The number of hydrogen-bond acceptors (Lipinski definition) is 4. The summed E-state index contributed by atoms with van der Waals surface area (Å²) in [5, 5.41) is 6.74. The van der Waals surface area contributed by atoms with Crippen molar-refractivity contribution in [1.82, 2.24) is 9.97 Å². The fourth-order valence-electron chi connectivity index (χ4n) is 2.61. The third-order valence-electron chi connectivity index (χ3n) is 3.93. The molecule has 4 heteroatoms. The highest BCUT2D eigenvalue weighted by atomic mass is 15.1. The number of hydrogen-bond donors (Lipinski definition) is 2. The largest absolute Gasteiger partial charge is 0.366 e. The van der Waals surface area contributed by atoms with Gasteiger partial charge in [-0.1, -0.05) is 54.6 Å². The predicted molar refractivity (Wildman–Crippen MR) is 105 cm³/mol. The van der Waals surface area contributed by atoms with Crippen LogP contribution < -0.4 is 10.6 Å². The van der Waals surface area contributed by atoms with Gasteiger partial charge in [-0.25, -0.2) is 4.98 Å². The van der Waals surface area contributed by atoms with E-state index in [0.29, 0.717) is 5.95 Å². The van der Waals surface area contributed by atoms with Gasteiger partial charge in [0.15, 0.2) is 0 Å². The fourth-order valence-corrected chi connectivity index (χ4v) is 2.61. The van der Waals surface area contributed by atoms with Gasteiger partial charge in [-0.15, -0.1) is 0 Å². The normalized spacial score (nSPS) is 10.7. The monoisotopic (exact) mass is 332 g/mol. The molecule has 0 unspecified atom stereocenters. The molecule has 0 aliphatic heterocycles. The maximum absolute atomic E-state index is 4.65. The molecule has 25 heavy (non-hydrogen) atoms. The van der Waals surface area contributed by atoms with Crippen LogP contribution in [-0.4, -0.2) is 16.0 Å². The molecule has 4 nitrogen and oxygen atoms in total. The Labute approximate surface area is 149 Å². The van der Waals surface area contributed by atoms with E-state index in [1.807, 2.05) is 24.3 Å². The highest BCUT2D eigenvalue weighted by Gasteiger charge is 2.08. The Kier molecular flexibility index (Phi) is 5.29. The van der Waals surface area contributed by atoms with Gasteiger partial charge in [-0.3, -0.25) is 0 Å². The maximum atomic E-state index is 4.65. The molecule has 0 amide bonds. The van der Waals surface area contributed by atoms with Gasteiger partial charge in [0.1, 0.15) is 5.82 Å². The SMILES string of the molecule is Cc1ccccc1CNc1cc(-c2ccccc2)nc(NC(C)C)n1. The van der Waals surface area contributed by atoms with Gasteiger partial charge in [-0.2, -0.15) is 4.98 Å². The minimum absolute atomic E-state index is 0.273. The van der Waals surface area contributed by atoms with Gasteiger partial charge in [0, 0.05) is 24.2 Å². The number of aromatic nitrogens is 2. The van der Waals surface area contributed by atoms with Gasteiger partial charge in [0.25, 0.3) is 0 Å². The molecule has 0 atom stereocenters. The summed E-state index contributed by atoms with van der Waals surface area (Å²) in [6, 6.07) is 20.8. The summed E-state index contributed by atoms with van der Waals surface area (Å²) >= 11 is 0. The van der Waals surface area contributed by atoms with Crippen LogP contribution in [-0.2, 0) is 6.54 Å². The summed E-state index contributed by atoms with van der Waals surface area (Å²) in [4.78, 5) is 9.26. The van der Waals surface area contributed by atoms with Crippen molar-refractivity contribution in [3.05, 3.63) is 71.8 Å². The molecule has 128 valence electrons. The van der Waals surface area contributed by atoms with Crippen LogP contribution in [0.15, 0.2) is 60.7 Å². The molecule has 0 spiro atoms. The Morgan fingerprint density at radius 3 is 2.36 bits per heavy atom. The number of nitrogens with zero attached hydrogens (tertiary/aromatic N) is 2. The Morgan fingerprint density at radius 1 is 0.920 bits per heavy atom. The molecule has 3 rings (SSSR count). The van der Waals surface area contributed by atoms with Crippen LogP contribution in [0.5, 0.6) is 0 Å². The molecular formula is C21H24N4. The molecule has 0 aliphatic carbocycles. The number of anilines is 2. The van der Waals surface area contributed by atoms with Gasteiger partial charge in [-0.05, 0) is 31.9 Å². The predicted octanol–water partition coefficient (Wildman–Crippen LogP) is 4.88. The molecule has 1 heterocycles. The summed E-state index contributed by atoms with van der Waals surface area (Å²) < 4.78 is 0. The lowest BCUT2D eigenvalue weighted by molar-refractivity contribution is 0.874. The minimum Gasteiger partial charge on any atom is -0.366 e. The first-order chi connectivity index (χ1) is 12.1. The molecule has 0 aliphatic rings. The van der Waals surface area contributed by atoms with Gasteiger partial charge < -0.3 is 10.6 Å². The quantitative estimate of drug-likeness (QED) is 0.675. The fraction of sp³-hybridized carbons (Fsp3) is 0.238. The van der Waals surface area contributed by atoms with Crippen LogP contribution in [0.2, 0.25) is 0 Å². The zero-order valence-corrected chi connectivity index (χ0v) is 15.0. The first-order valence-corrected chi connectivity index (χ1v) is 8.61. The van der Waals surface area contributed by atoms with Crippen molar-refractivity contribution in [1.29, 1.82) is 0 Å². The average Bonchev–Trinajstić information content (AvgIpc) is 2.61. The van der Waals surface area contributed by atoms with E-state index in [2.05, 4.69) is 77.8 Å². The van der Waals surface area contributed by atoms with E-state index in [0.717, 1.165) is 23.6 Å². The lowest BCUT2D eigenvalue weighted by atomic mass is 10.1. The zero-order chi connectivity index (χ0) is 17.6. The van der Waals surface area contributed by atoms with Crippen LogP contribution in [0.25, 0.3) is 11.3 Å². The molecule has 0 fully saturated rings. The van der Waals surface area contributed by atoms with E-state index in [9.17, 15) is 0 Å². The first-order valence-electron chi connectivity index (χ1n) is 8.61. The lowest BCUT2D eigenvalue weighted by Gasteiger charge is -2.14. The standard InChI is InChI=1S/C21H24N4/c1-15(2)23-21-24-19(17-10-5-4-6-11-17)13-20(25-21)22-14-18-12-8-7-9-16(18)3/h4-13,15H,14H2,1-3H3,(H2,22,23,24,25). The zero-order valence-electron chi connectivity index (χ0n) is 15.0. The molecule has 2 aromatic carbocycles. The molecule has 1 aromatic heterocycles. The number of benzene rings is 2. The van der Waals surface area contributed by atoms with Crippen LogP contribution in [0.1, 0.15) is 25.0 Å². The van der Waals surface area contributed by atoms with Gasteiger partial charge in [0.2, 0.25) is 5.95 Å². The van der Waals surface area contributed by atoms with Gasteiger partial charge in [0.05, 0.1) is 5.69 Å². The second-order valence-corrected chi connectivity index (χ2v) is 6.41. The second kappa shape index (κ2) is 7.79. The topological polar surface area (TPSA) is 49.8 Å². The van der Waals surface area contributed by atoms with E-state index in [4.69, 9.17) is 0 Å². The average molecular weight is 332 g/mol. The first kappa shape index (κ1) is 17.0. The van der Waals surface area contributed by atoms with E-state index < -0.39 is 0 Å². The van der Waals surface area contributed by atoms with Crippen LogP contribution >= 0.6 is 0 Å². The van der Waals surface area contributed by atoms with Crippen LogP contribution in [0.4, 0.5) is 11.8 Å². The van der Waals surface area contributed by atoms with Crippen molar-refractivity contribution in [2.24, 2.45) is 0 Å². The smallest absolute Gasteiger partial charge is 0.225 e. The minimum atomic E-state index is 0.273. The van der Waals surface area contributed by atoms with Crippen molar-refractivity contribution < 1.29 is 0 Å². The van der Waals surface area contributed by atoms with Crippen LogP contribution in [0.3, 0.4) is 0 Å². The van der Waals surface area contributed by atoms with Crippen molar-refractivity contribution in [3.63, 3.8) is 0 Å². The summed E-state index contributed by atoms with van der Waals surface area (Å²) in [5.41, 5.74) is 4.52. The number of rotatable bonds is 6. The Hall–Kier alpha value is -2.88. The Bertz CT molecular complexity index is 828. The molecule has 2 N–H and O–H groups in total. The lowest BCUT2D eigenvalue weighted by Crippen LogP contribution is -2.14. The second-order valence-electron chi connectivity index (χ2n) is 6.41. The molecule has 0 radical (unpaired) electrons. The van der Waals surface area contributed by atoms with Crippen molar-refractivity contribution in [3.8, 4) is 11.3 Å². The number of nitrogens with one attached hydrogen (secondary N) is 2. The molecule has 3 aromatic rings. The van der Waals surface area contributed by atoms with E-state index in [1.165, 1.54) is 11.1 Å². The van der Waals surface area contributed by atoms with Crippen molar-refractivity contribution in [2.45, 2.75) is 33.4 Å². The maximum Gasteiger partial charge on any atom is 0.225 e. The highest BCUT2D eigenvalue weighted by Crippen LogP contribution is 2.22. The third kappa shape index (κ3) is 4.57. The van der Waals surface area contributed by atoms with Gasteiger partial charge >= 0.3 is 0 Å². The summed E-state index contributed by atoms with van der Waals surface area (Å²) in [6.45, 7) is 7.02. The third-order valence-corrected chi connectivity index (χ3v) is 3.93. The molecule has 0 bridgehead atoms. The highest BCUT2D eigenvalue weighted by molar-refractivity contribution is 5.64. The molecular weight excluding hydrogens is 308 g/mol. The summed E-state index contributed by atoms with van der Waals surface area (Å²) in [7, 11) is 0. The van der Waals surface area contributed by atoms with Crippen molar-refractivity contribution >= 4 is 11.8 Å². The summed E-state index contributed by atoms with van der Waals surface area (Å²) in [5.74, 6) is 1.46. The number of aryl methyl sites for hydroxylation is 1. The molecule has 0 saturated heterocycles. The Morgan fingerprint density at radius 2 is 1.64 bits per heavy atom. The summed E-state index contributed by atoms with van der Waals surface area (Å²) in [6.07, 6.45) is 0. The van der Waals surface area contributed by atoms with Crippen molar-refractivity contribution in [2.75, 3.05) is 10.6 Å². The van der Waals surface area contributed by atoms with E-state index in [1.54, 1.807) is 0 Å². The van der Waals surface area contributed by atoms with E-state index >= 15 is 0 Å². The molecule has 0 saturated carbocycles. The van der Waals surface area contributed by atoms with E-state index in [-0.39, 0.29) is 6.04 Å². The van der Waals surface area contributed by atoms with Crippen LogP contribution in [0, 0.1) is 6.92 Å². The Balaban J connectivity index is 1.88.